The van der Waals surface area contributed by atoms with Gasteiger partial charge in [0.25, 0.3) is 0 Å². The summed E-state index contributed by atoms with van der Waals surface area (Å²) >= 11 is 0. The van der Waals surface area contributed by atoms with Crippen LogP contribution in [0.15, 0.2) is 12.3 Å². The van der Waals surface area contributed by atoms with Crippen molar-refractivity contribution in [1.29, 1.82) is 0 Å². The van der Waals surface area contributed by atoms with Gasteiger partial charge in [-0.25, -0.2) is 9.97 Å². The number of rotatable bonds is 11. The van der Waals surface area contributed by atoms with Gasteiger partial charge in [0.15, 0.2) is 0 Å². The summed E-state index contributed by atoms with van der Waals surface area (Å²) in [5, 5.41) is 0. The number of hydrogen-bond acceptors (Lipinski definition) is 3. The van der Waals surface area contributed by atoms with Crippen molar-refractivity contribution in [2.75, 3.05) is 11.4 Å². The number of unbranched alkanes of at least 4 members (excludes halogenated alkanes) is 1. The van der Waals surface area contributed by atoms with Crippen molar-refractivity contribution in [3.05, 3.63) is 18.1 Å². The van der Waals surface area contributed by atoms with Gasteiger partial charge in [0, 0.05) is 25.2 Å². The smallest absolute Gasteiger partial charge is 0.132 e. The SMILES string of the molecule is CCCCN(c1ccnc(CCC)n1)C(CCC)CCC. The lowest BCUT2D eigenvalue weighted by atomic mass is 10.0. The lowest BCUT2D eigenvalue weighted by Crippen LogP contribution is -2.37. The van der Waals surface area contributed by atoms with E-state index in [1.54, 1.807) is 0 Å². The van der Waals surface area contributed by atoms with Crippen molar-refractivity contribution in [3.8, 4) is 0 Å². The Morgan fingerprint density at radius 1 is 1.00 bits per heavy atom. The van der Waals surface area contributed by atoms with Crippen LogP contribution in [0.2, 0.25) is 0 Å². The molecule has 21 heavy (non-hydrogen) atoms. The molecule has 0 saturated heterocycles. The van der Waals surface area contributed by atoms with Gasteiger partial charge in [-0.2, -0.15) is 0 Å². The molecule has 0 fully saturated rings. The molecule has 0 aliphatic carbocycles. The van der Waals surface area contributed by atoms with Crippen LogP contribution in [0.5, 0.6) is 0 Å². The Morgan fingerprint density at radius 2 is 1.71 bits per heavy atom. The van der Waals surface area contributed by atoms with Gasteiger partial charge in [-0.05, 0) is 31.7 Å². The van der Waals surface area contributed by atoms with E-state index >= 15 is 0 Å². The van der Waals surface area contributed by atoms with E-state index in [0.717, 1.165) is 31.0 Å². The maximum absolute atomic E-state index is 4.82. The van der Waals surface area contributed by atoms with Crippen molar-refractivity contribution in [2.24, 2.45) is 0 Å². The summed E-state index contributed by atoms with van der Waals surface area (Å²) in [5.41, 5.74) is 0. The molecule has 0 unspecified atom stereocenters. The van der Waals surface area contributed by atoms with Crippen LogP contribution in [0.3, 0.4) is 0 Å². The van der Waals surface area contributed by atoms with E-state index in [0.29, 0.717) is 6.04 Å². The lowest BCUT2D eigenvalue weighted by molar-refractivity contribution is 0.492. The maximum atomic E-state index is 4.82. The van der Waals surface area contributed by atoms with E-state index in [9.17, 15) is 0 Å². The molecule has 0 N–H and O–H groups in total. The van der Waals surface area contributed by atoms with Crippen molar-refractivity contribution >= 4 is 5.82 Å². The summed E-state index contributed by atoms with van der Waals surface area (Å²) in [7, 11) is 0. The average Bonchev–Trinajstić information content (AvgIpc) is 2.49. The van der Waals surface area contributed by atoms with Gasteiger partial charge >= 0.3 is 0 Å². The van der Waals surface area contributed by atoms with E-state index in [1.165, 1.54) is 38.5 Å². The first-order chi connectivity index (χ1) is 10.3. The van der Waals surface area contributed by atoms with E-state index in [4.69, 9.17) is 4.98 Å². The fraction of sp³-hybridized carbons (Fsp3) is 0.778. The van der Waals surface area contributed by atoms with Crippen molar-refractivity contribution in [2.45, 2.75) is 85.1 Å². The average molecular weight is 291 g/mol. The van der Waals surface area contributed by atoms with Crippen LogP contribution < -0.4 is 4.90 Å². The monoisotopic (exact) mass is 291 g/mol. The van der Waals surface area contributed by atoms with Crippen LogP contribution >= 0.6 is 0 Å². The molecule has 0 atom stereocenters. The fourth-order valence-corrected chi connectivity index (χ4v) is 2.83. The normalized spacial score (nSPS) is 11.1. The van der Waals surface area contributed by atoms with Crippen LogP contribution in [0, 0.1) is 0 Å². The number of aromatic nitrogens is 2. The van der Waals surface area contributed by atoms with Gasteiger partial charge in [0.1, 0.15) is 11.6 Å². The first-order valence-electron chi connectivity index (χ1n) is 8.85. The Balaban J connectivity index is 2.95. The summed E-state index contributed by atoms with van der Waals surface area (Å²) in [6.45, 7) is 10.1. The molecule has 120 valence electrons. The van der Waals surface area contributed by atoms with E-state index in [1.807, 2.05) is 6.20 Å². The molecular weight excluding hydrogens is 258 g/mol. The van der Waals surface area contributed by atoms with Gasteiger partial charge in [-0.15, -0.1) is 0 Å². The molecule has 1 aromatic heterocycles. The van der Waals surface area contributed by atoms with E-state index in [2.05, 4.69) is 43.6 Å². The Labute approximate surface area is 131 Å². The van der Waals surface area contributed by atoms with Gasteiger partial charge in [0.2, 0.25) is 0 Å². The molecular formula is C18H33N3. The third-order valence-corrected chi connectivity index (χ3v) is 3.90. The fourth-order valence-electron chi connectivity index (χ4n) is 2.83. The molecule has 1 heterocycles. The first-order valence-corrected chi connectivity index (χ1v) is 8.85. The maximum Gasteiger partial charge on any atom is 0.132 e. The highest BCUT2D eigenvalue weighted by molar-refractivity contribution is 5.39. The summed E-state index contributed by atoms with van der Waals surface area (Å²) in [6, 6.07) is 2.71. The summed E-state index contributed by atoms with van der Waals surface area (Å²) < 4.78 is 0. The number of aryl methyl sites for hydroxylation is 1. The van der Waals surface area contributed by atoms with Gasteiger partial charge in [-0.1, -0.05) is 47.0 Å². The molecule has 0 saturated carbocycles. The van der Waals surface area contributed by atoms with E-state index < -0.39 is 0 Å². The zero-order chi connectivity index (χ0) is 15.5. The van der Waals surface area contributed by atoms with E-state index in [-0.39, 0.29) is 0 Å². The lowest BCUT2D eigenvalue weighted by Gasteiger charge is -2.33. The van der Waals surface area contributed by atoms with Crippen molar-refractivity contribution in [1.82, 2.24) is 9.97 Å². The molecule has 0 bridgehead atoms. The van der Waals surface area contributed by atoms with Gasteiger partial charge < -0.3 is 4.90 Å². The molecule has 0 aliphatic rings. The molecule has 3 heteroatoms. The van der Waals surface area contributed by atoms with Gasteiger partial charge in [0.05, 0.1) is 0 Å². The largest absolute Gasteiger partial charge is 0.354 e. The predicted octanol–water partition coefficient (Wildman–Crippen LogP) is 5.00. The Bertz CT molecular complexity index is 372. The summed E-state index contributed by atoms with van der Waals surface area (Å²) in [4.78, 5) is 11.8. The molecule has 3 nitrogen and oxygen atoms in total. The Morgan fingerprint density at radius 3 is 2.29 bits per heavy atom. The zero-order valence-corrected chi connectivity index (χ0v) is 14.4. The molecule has 0 amide bonds. The Kier molecular flexibility index (Phi) is 9.04. The summed E-state index contributed by atoms with van der Waals surface area (Å²) in [5.74, 6) is 2.12. The van der Waals surface area contributed by atoms with Crippen LogP contribution in [0.4, 0.5) is 5.82 Å². The van der Waals surface area contributed by atoms with Crippen molar-refractivity contribution < 1.29 is 0 Å². The van der Waals surface area contributed by atoms with Crippen LogP contribution in [0.1, 0.15) is 78.5 Å². The highest BCUT2D eigenvalue weighted by Gasteiger charge is 2.18. The molecule has 0 aliphatic heterocycles. The minimum atomic E-state index is 0.621. The molecule has 1 rings (SSSR count). The van der Waals surface area contributed by atoms with Crippen molar-refractivity contribution in [3.63, 3.8) is 0 Å². The third-order valence-electron chi connectivity index (χ3n) is 3.90. The standard InChI is InChI=1S/C18H33N3/c1-5-9-15-21(16(10-6-2)11-7-3)18-13-14-19-17(20-18)12-8-4/h13-14,16H,5-12,15H2,1-4H3. The number of anilines is 1. The molecule has 0 spiro atoms. The second kappa shape index (κ2) is 10.6. The highest BCUT2D eigenvalue weighted by Crippen LogP contribution is 2.21. The minimum absolute atomic E-state index is 0.621. The number of hydrogen-bond donors (Lipinski definition) is 0. The minimum Gasteiger partial charge on any atom is -0.354 e. The quantitative estimate of drug-likeness (QED) is 0.574. The predicted molar refractivity (Wildman–Crippen MR) is 91.9 cm³/mol. The van der Waals surface area contributed by atoms with Crippen LogP contribution in [0.25, 0.3) is 0 Å². The van der Waals surface area contributed by atoms with Crippen LogP contribution in [-0.2, 0) is 6.42 Å². The number of nitrogens with zero attached hydrogens (tertiary/aromatic N) is 3. The highest BCUT2D eigenvalue weighted by atomic mass is 15.2. The molecule has 1 aromatic rings. The first kappa shape index (κ1) is 17.9. The topological polar surface area (TPSA) is 29.0 Å². The molecule has 0 radical (unpaired) electrons. The summed E-state index contributed by atoms with van der Waals surface area (Å²) in [6.07, 6.45) is 11.5. The van der Waals surface area contributed by atoms with Crippen LogP contribution in [-0.4, -0.2) is 22.6 Å². The second-order valence-corrected chi connectivity index (χ2v) is 5.86. The third kappa shape index (κ3) is 6.03. The molecule has 0 aromatic carbocycles. The Hall–Kier alpha value is -1.12. The van der Waals surface area contributed by atoms with Gasteiger partial charge in [-0.3, -0.25) is 0 Å². The zero-order valence-electron chi connectivity index (χ0n) is 14.4. The second-order valence-electron chi connectivity index (χ2n) is 5.86.